The molecule has 0 amide bonds. The first kappa shape index (κ1) is 8.16. The number of Topliss-reactive ketones (excluding diaryl/α,β-unsaturated/α-hetero) is 1. The number of allylic oxidation sites excluding steroid dienone is 4. The van der Waals surface area contributed by atoms with E-state index in [-0.39, 0.29) is 35.2 Å². The Hall–Kier alpha value is -1.18. The van der Waals surface area contributed by atoms with Crippen LogP contribution in [-0.4, -0.2) is 11.6 Å². The molecule has 0 heterocycles. The first-order valence-corrected chi connectivity index (χ1v) is 5.05. The lowest BCUT2D eigenvalue weighted by Crippen LogP contribution is -2.23. The van der Waals surface area contributed by atoms with Gasteiger partial charge in [0.25, 0.3) is 0 Å². The molecule has 72 valence electrons. The van der Waals surface area contributed by atoms with E-state index >= 15 is 0 Å². The van der Waals surface area contributed by atoms with Crippen molar-refractivity contribution in [3.05, 3.63) is 23.3 Å². The maximum Gasteiger partial charge on any atom is 0.160 e. The Morgan fingerprint density at radius 2 is 1.79 bits per heavy atom. The van der Waals surface area contributed by atoms with Gasteiger partial charge in [0.15, 0.2) is 5.78 Å². The lowest BCUT2D eigenvalue weighted by atomic mass is 9.79. The number of carbonyl (C=O) groups is 2. The van der Waals surface area contributed by atoms with Crippen LogP contribution in [-0.2, 0) is 9.59 Å². The van der Waals surface area contributed by atoms with E-state index in [4.69, 9.17) is 0 Å². The van der Waals surface area contributed by atoms with Gasteiger partial charge in [-0.2, -0.15) is 0 Å². The van der Waals surface area contributed by atoms with Gasteiger partial charge in [0, 0.05) is 23.7 Å². The van der Waals surface area contributed by atoms with E-state index in [1.807, 2.05) is 13.8 Å². The summed E-state index contributed by atoms with van der Waals surface area (Å²) in [4.78, 5) is 23.5. The average molecular weight is 188 g/mol. The second-order valence-electron chi connectivity index (χ2n) is 4.66. The molecule has 2 bridgehead atoms. The van der Waals surface area contributed by atoms with Crippen molar-refractivity contribution < 1.29 is 9.59 Å². The second kappa shape index (κ2) is 2.25. The van der Waals surface area contributed by atoms with Crippen LogP contribution in [0, 0.1) is 23.7 Å². The smallest absolute Gasteiger partial charge is 0.160 e. The van der Waals surface area contributed by atoms with Gasteiger partial charge in [-0.1, -0.05) is 17.2 Å². The highest BCUT2D eigenvalue weighted by atomic mass is 16.1. The van der Waals surface area contributed by atoms with Gasteiger partial charge >= 0.3 is 0 Å². The van der Waals surface area contributed by atoms with Crippen LogP contribution in [0.3, 0.4) is 0 Å². The molecule has 3 aliphatic rings. The SMILES string of the molecule is CC1=C[C@H]2C(=O)[C@@H]1[C@H]1C(=O)C=C(C)[C@H]12. The predicted molar refractivity (Wildman–Crippen MR) is 51.5 cm³/mol. The van der Waals surface area contributed by atoms with Crippen LogP contribution in [0.2, 0.25) is 0 Å². The minimum atomic E-state index is -0.0915. The van der Waals surface area contributed by atoms with E-state index < -0.39 is 0 Å². The standard InChI is InChI=1S/C12H12O2/c1-5-3-7-9-6(2)4-8(13)11(9)10(5)12(7)14/h3-4,7,9-11H,1-2H3/t7-,9+,10+,11+/m1/s1. The van der Waals surface area contributed by atoms with Crippen molar-refractivity contribution in [3.8, 4) is 0 Å². The molecule has 4 atom stereocenters. The monoisotopic (exact) mass is 188 g/mol. The molecule has 0 aliphatic heterocycles. The minimum Gasteiger partial charge on any atom is -0.298 e. The Kier molecular flexibility index (Phi) is 1.31. The maximum atomic E-state index is 11.9. The van der Waals surface area contributed by atoms with E-state index in [1.54, 1.807) is 6.08 Å². The molecule has 0 saturated heterocycles. The fourth-order valence-corrected chi connectivity index (χ4v) is 3.40. The molecule has 0 N–H and O–H groups in total. The fraction of sp³-hybridized carbons (Fsp3) is 0.500. The van der Waals surface area contributed by atoms with Crippen molar-refractivity contribution in [2.24, 2.45) is 23.7 Å². The van der Waals surface area contributed by atoms with Crippen molar-refractivity contribution in [1.82, 2.24) is 0 Å². The van der Waals surface area contributed by atoms with E-state index in [0.717, 1.165) is 11.1 Å². The lowest BCUT2D eigenvalue weighted by Gasteiger charge is -2.21. The van der Waals surface area contributed by atoms with Crippen LogP contribution in [0.5, 0.6) is 0 Å². The van der Waals surface area contributed by atoms with Crippen LogP contribution in [0.15, 0.2) is 23.3 Å². The number of hydrogen-bond acceptors (Lipinski definition) is 2. The maximum absolute atomic E-state index is 11.9. The zero-order valence-corrected chi connectivity index (χ0v) is 8.28. The molecule has 1 saturated carbocycles. The molecular weight excluding hydrogens is 176 g/mol. The van der Waals surface area contributed by atoms with Crippen LogP contribution in [0.4, 0.5) is 0 Å². The van der Waals surface area contributed by atoms with Crippen molar-refractivity contribution in [1.29, 1.82) is 0 Å². The molecular formula is C12H12O2. The zero-order chi connectivity index (χ0) is 10.0. The summed E-state index contributed by atoms with van der Waals surface area (Å²) in [6.45, 7) is 3.94. The van der Waals surface area contributed by atoms with Crippen LogP contribution in [0.1, 0.15) is 13.8 Å². The van der Waals surface area contributed by atoms with E-state index in [0.29, 0.717) is 0 Å². The van der Waals surface area contributed by atoms with Crippen molar-refractivity contribution in [3.63, 3.8) is 0 Å². The summed E-state index contributed by atoms with van der Waals surface area (Å²) in [6.07, 6.45) is 3.79. The van der Waals surface area contributed by atoms with Gasteiger partial charge in [-0.15, -0.1) is 0 Å². The molecule has 0 aromatic heterocycles. The summed E-state index contributed by atoms with van der Waals surface area (Å²) in [5.41, 5.74) is 2.21. The van der Waals surface area contributed by atoms with Crippen molar-refractivity contribution in [2.75, 3.05) is 0 Å². The third kappa shape index (κ3) is 0.692. The molecule has 0 aromatic rings. The van der Waals surface area contributed by atoms with Gasteiger partial charge in [0.05, 0.1) is 0 Å². The normalized spacial score (nSPS) is 44.1. The van der Waals surface area contributed by atoms with Gasteiger partial charge in [-0.25, -0.2) is 0 Å². The number of hydrogen-bond donors (Lipinski definition) is 0. The Balaban J connectivity index is 2.15. The number of ketones is 2. The number of carbonyl (C=O) groups excluding carboxylic acids is 2. The molecule has 3 aliphatic carbocycles. The van der Waals surface area contributed by atoms with Gasteiger partial charge in [0.1, 0.15) is 5.78 Å². The highest BCUT2D eigenvalue weighted by Gasteiger charge is 2.58. The second-order valence-corrected chi connectivity index (χ2v) is 4.66. The average Bonchev–Trinajstić information content (AvgIpc) is 2.64. The highest BCUT2D eigenvalue weighted by molar-refractivity contribution is 6.06. The van der Waals surface area contributed by atoms with Crippen molar-refractivity contribution >= 4 is 11.6 Å². The quantitative estimate of drug-likeness (QED) is 0.540. The predicted octanol–water partition coefficient (Wildman–Crippen LogP) is 1.52. The van der Waals surface area contributed by atoms with Gasteiger partial charge < -0.3 is 0 Å². The summed E-state index contributed by atoms with van der Waals surface area (Å²) < 4.78 is 0. The van der Waals surface area contributed by atoms with Gasteiger partial charge in [0.2, 0.25) is 0 Å². The Bertz CT molecular complexity index is 414. The molecule has 14 heavy (non-hydrogen) atoms. The number of fused-ring (bicyclic) bond motifs is 5. The zero-order valence-electron chi connectivity index (χ0n) is 8.28. The Morgan fingerprint density at radius 1 is 1.07 bits per heavy atom. The summed E-state index contributed by atoms with van der Waals surface area (Å²) in [6, 6.07) is 0. The third-order valence-electron chi connectivity index (χ3n) is 3.93. The molecule has 0 spiro atoms. The molecule has 0 unspecified atom stereocenters. The van der Waals surface area contributed by atoms with E-state index in [2.05, 4.69) is 6.08 Å². The van der Waals surface area contributed by atoms with Crippen molar-refractivity contribution in [2.45, 2.75) is 13.8 Å². The van der Waals surface area contributed by atoms with E-state index in [9.17, 15) is 9.59 Å². The van der Waals surface area contributed by atoms with Gasteiger partial charge in [-0.05, 0) is 19.9 Å². The topological polar surface area (TPSA) is 34.1 Å². The van der Waals surface area contributed by atoms with E-state index in [1.165, 1.54) is 0 Å². The third-order valence-corrected chi connectivity index (χ3v) is 3.93. The largest absolute Gasteiger partial charge is 0.298 e. The highest BCUT2D eigenvalue weighted by Crippen LogP contribution is 2.54. The molecule has 3 rings (SSSR count). The van der Waals surface area contributed by atoms with Crippen LogP contribution < -0.4 is 0 Å². The summed E-state index contributed by atoms with van der Waals surface area (Å²) in [5, 5.41) is 0. The summed E-state index contributed by atoms with van der Waals surface area (Å²) >= 11 is 0. The Labute approximate surface area is 82.7 Å². The number of rotatable bonds is 0. The summed E-state index contributed by atoms with van der Waals surface area (Å²) in [7, 11) is 0. The minimum absolute atomic E-state index is 0.00713. The first-order chi connectivity index (χ1) is 6.61. The Morgan fingerprint density at radius 3 is 2.50 bits per heavy atom. The molecule has 0 aromatic carbocycles. The summed E-state index contributed by atoms with van der Waals surface area (Å²) in [5.74, 6) is 0.513. The first-order valence-electron chi connectivity index (χ1n) is 5.05. The molecule has 2 nitrogen and oxygen atoms in total. The molecule has 1 fully saturated rings. The van der Waals surface area contributed by atoms with Gasteiger partial charge in [-0.3, -0.25) is 9.59 Å². The van der Waals surface area contributed by atoms with Crippen LogP contribution >= 0.6 is 0 Å². The fourth-order valence-electron chi connectivity index (χ4n) is 3.40. The molecule has 0 radical (unpaired) electrons. The molecule has 2 heteroatoms. The lowest BCUT2D eigenvalue weighted by molar-refractivity contribution is -0.124. The van der Waals surface area contributed by atoms with Crippen LogP contribution in [0.25, 0.3) is 0 Å².